The average Bonchev–Trinajstić information content (AvgIpc) is 2.80. The van der Waals surface area contributed by atoms with Gasteiger partial charge in [0.25, 0.3) is 0 Å². The monoisotopic (exact) mass is 474 g/mol. The molecule has 3 heterocycles. The van der Waals surface area contributed by atoms with E-state index in [4.69, 9.17) is 16.3 Å². The molecule has 0 radical (unpaired) electrons. The second-order valence-corrected chi connectivity index (χ2v) is 9.60. The number of hydrogen-bond donors (Lipinski definition) is 1. The van der Waals surface area contributed by atoms with E-state index in [0.717, 1.165) is 5.69 Å². The first-order valence-corrected chi connectivity index (χ1v) is 11.8. The Morgan fingerprint density at radius 3 is 2.44 bits per heavy atom. The molecule has 3 aromatic rings. The van der Waals surface area contributed by atoms with E-state index in [0.29, 0.717) is 48.7 Å². The van der Waals surface area contributed by atoms with Crippen molar-refractivity contribution in [3.8, 4) is 5.75 Å². The maximum absolute atomic E-state index is 13.1. The largest absolute Gasteiger partial charge is 0.495 e. The minimum atomic E-state index is -3.73. The highest BCUT2D eigenvalue weighted by molar-refractivity contribution is 7.89. The summed E-state index contributed by atoms with van der Waals surface area (Å²) in [6.45, 7) is 3.52. The quantitative estimate of drug-likeness (QED) is 0.581. The van der Waals surface area contributed by atoms with Gasteiger partial charge in [-0.2, -0.15) is 4.31 Å². The molecule has 2 aromatic heterocycles. The Morgan fingerprint density at radius 2 is 1.78 bits per heavy atom. The molecule has 9 nitrogen and oxygen atoms in total. The van der Waals surface area contributed by atoms with Gasteiger partial charge in [-0.3, -0.25) is 0 Å². The van der Waals surface area contributed by atoms with Gasteiger partial charge in [-0.1, -0.05) is 17.7 Å². The predicted octanol–water partition coefficient (Wildman–Crippen LogP) is 3.10. The van der Waals surface area contributed by atoms with Crippen LogP contribution in [0.4, 0.5) is 17.5 Å². The molecule has 0 spiro atoms. The first kappa shape index (κ1) is 22.3. The molecule has 1 aliphatic rings. The Labute approximate surface area is 192 Å². The van der Waals surface area contributed by atoms with E-state index >= 15 is 0 Å². The van der Waals surface area contributed by atoms with Gasteiger partial charge in [0, 0.05) is 36.9 Å². The van der Waals surface area contributed by atoms with E-state index in [1.807, 2.05) is 42.2 Å². The van der Waals surface area contributed by atoms with E-state index < -0.39 is 10.0 Å². The van der Waals surface area contributed by atoms with Gasteiger partial charge in [0.15, 0.2) is 11.6 Å². The fraction of sp³-hybridized carbons (Fsp3) is 0.286. The highest BCUT2D eigenvalue weighted by Crippen LogP contribution is 2.30. The number of pyridine rings is 1. The number of aryl methyl sites for hydroxylation is 1. The zero-order valence-corrected chi connectivity index (χ0v) is 19.3. The van der Waals surface area contributed by atoms with Crippen LogP contribution in [-0.2, 0) is 10.0 Å². The fourth-order valence-electron chi connectivity index (χ4n) is 3.45. The number of nitrogens with zero attached hydrogens (tertiary/aromatic N) is 5. The van der Waals surface area contributed by atoms with Crippen LogP contribution < -0.4 is 15.0 Å². The molecular formula is C21H23ClN6O3S. The van der Waals surface area contributed by atoms with Gasteiger partial charge in [-0.25, -0.2) is 13.4 Å². The van der Waals surface area contributed by atoms with E-state index in [1.54, 1.807) is 12.1 Å². The Morgan fingerprint density at radius 1 is 1.00 bits per heavy atom. The lowest BCUT2D eigenvalue weighted by molar-refractivity contribution is 0.373. The zero-order chi connectivity index (χ0) is 22.7. The van der Waals surface area contributed by atoms with E-state index in [1.165, 1.54) is 17.5 Å². The summed E-state index contributed by atoms with van der Waals surface area (Å²) in [6, 6.07) is 14.0. The van der Waals surface area contributed by atoms with Gasteiger partial charge < -0.3 is 15.0 Å². The number of rotatable bonds is 6. The van der Waals surface area contributed by atoms with Crippen molar-refractivity contribution in [3.63, 3.8) is 0 Å². The number of piperazine rings is 1. The number of halogens is 1. The molecule has 0 aliphatic carbocycles. The van der Waals surface area contributed by atoms with Crippen LogP contribution in [0.3, 0.4) is 0 Å². The third kappa shape index (κ3) is 4.77. The van der Waals surface area contributed by atoms with Crippen molar-refractivity contribution in [2.75, 3.05) is 43.5 Å². The molecule has 1 N–H and O–H groups in total. The minimum absolute atomic E-state index is 0.0703. The molecule has 0 amide bonds. The first-order chi connectivity index (χ1) is 15.4. The zero-order valence-electron chi connectivity index (χ0n) is 17.7. The molecule has 0 atom stereocenters. The standard InChI is InChI=1S/C21H23ClN6O3S/c1-15-4-3-5-19(23-15)24-20-8-9-21(26-25-20)27-10-12-28(13-11-27)32(29,30)18-14-16(22)6-7-17(18)31-2/h3-9,14H,10-13H2,1-2H3,(H,23,24,25). The van der Waals surface area contributed by atoms with Gasteiger partial charge in [0.2, 0.25) is 10.0 Å². The molecule has 0 bridgehead atoms. The van der Waals surface area contributed by atoms with Crippen LogP contribution in [0, 0.1) is 6.92 Å². The van der Waals surface area contributed by atoms with Crippen LogP contribution in [0.15, 0.2) is 53.4 Å². The average molecular weight is 475 g/mol. The number of anilines is 3. The number of aromatic nitrogens is 3. The van der Waals surface area contributed by atoms with Gasteiger partial charge in [0.05, 0.1) is 7.11 Å². The van der Waals surface area contributed by atoms with Crippen molar-refractivity contribution in [2.45, 2.75) is 11.8 Å². The number of sulfonamides is 1. The van der Waals surface area contributed by atoms with Gasteiger partial charge in [-0.05, 0) is 49.4 Å². The molecular weight excluding hydrogens is 452 g/mol. The summed E-state index contributed by atoms with van der Waals surface area (Å²) in [5.41, 5.74) is 0.905. The molecule has 11 heteroatoms. The van der Waals surface area contributed by atoms with Crippen molar-refractivity contribution in [3.05, 3.63) is 59.2 Å². The molecule has 1 saturated heterocycles. The van der Waals surface area contributed by atoms with E-state index in [2.05, 4.69) is 20.5 Å². The van der Waals surface area contributed by atoms with Crippen LogP contribution in [-0.4, -0.2) is 61.2 Å². The number of benzene rings is 1. The molecule has 168 valence electrons. The summed E-state index contributed by atoms with van der Waals surface area (Å²) in [5.74, 6) is 2.24. The Bertz CT molecular complexity index is 1200. The molecule has 0 saturated carbocycles. The Balaban J connectivity index is 1.42. The number of methoxy groups -OCH3 is 1. The SMILES string of the molecule is COc1ccc(Cl)cc1S(=O)(=O)N1CCN(c2ccc(Nc3cccc(C)n3)nn2)CC1. The summed E-state index contributed by atoms with van der Waals surface area (Å²) in [7, 11) is -2.30. The van der Waals surface area contributed by atoms with Crippen LogP contribution in [0.25, 0.3) is 0 Å². The van der Waals surface area contributed by atoms with Crippen LogP contribution in [0.2, 0.25) is 5.02 Å². The van der Waals surface area contributed by atoms with Gasteiger partial charge >= 0.3 is 0 Å². The molecule has 0 unspecified atom stereocenters. The lowest BCUT2D eigenvalue weighted by atomic mass is 10.3. The van der Waals surface area contributed by atoms with E-state index in [9.17, 15) is 8.42 Å². The molecule has 32 heavy (non-hydrogen) atoms. The summed E-state index contributed by atoms with van der Waals surface area (Å²) in [4.78, 5) is 6.46. The molecule has 1 aromatic carbocycles. The predicted molar refractivity (Wildman–Crippen MR) is 123 cm³/mol. The van der Waals surface area contributed by atoms with Crippen LogP contribution >= 0.6 is 11.6 Å². The lowest BCUT2D eigenvalue weighted by Gasteiger charge is -2.34. The first-order valence-electron chi connectivity index (χ1n) is 10.00. The number of ether oxygens (including phenoxy) is 1. The summed E-state index contributed by atoms with van der Waals surface area (Å²) in [5, 5.41) is 12.0. The second-order valence-electron chi connectivity index (χ2n) is 7.25. The second kappa shape index (κ2) is 9.27. The fourth-order valence-corrected chi connectivity index (χ4v) is 5.29. The molecule has 1 aliphatic heterocycles. The van der Waals surface area contributed by atoms with Crippen LogP contribution in [0.5, 0.6) is 5.75 Å². The summed E-state index contributed by atoms with van der Waals surface area (Å²) >= 11 is 6.02. The maximum atomic E-state index is 13.1. The smallest absolute Gasteiger partial charge is 0.246 e. The molecule has 4 rings (SSSR count). The minimum Gasteiger partial charge on any atom is -0.495 e. The third-order valence-electron chi connectivity index (χ3n) is 5.10. The summed E-state index contributed by atoms with van der Waals surface area (Å²) < 4.78 is 32.9. The van der Waals surface area contributed by atoms with Crippen molar-refractivity contribution in [1.29, 1.82) is 0 Å². The van der Waals surface area contributed by atoms with Gasteiger partial charge in [-0.15, -0.1) is 10.2 Å². The van der Waals surface area contributed by atoms with Crippen molar-refractivity contribution in [1.82, 2.24) is 19.5 Å². The van der Waals surface area contributed by atoms with Crippen LogP contribution in [0.1, 0.15) is 5.69 Å². The summed E-state index contributed by atoms with van der Waals surface area (Å²) in [6.07, 6.45) is 0. The number of hydrogen-bond acceptors (Lipinski definition) is 8. The normalized spacial score (nSPS) is 14.9. The molecule has 1 fully saturated rings. The van der Waals surface area contributed by atoms with Crippen molar-refractivity contribution >= 4 is 39.1 Å². The Kier molecular flexibility index (Phi) is 6.45. The third-order valence-corrected chi connectivity index (χ3v) is 7.26. The lowest BCUT2D eigenvalue weighted by Crippen LogP contribution is -2.49. The highest BCUT2D eigenvalue weighted by Gasteiger charge is 2.31. The Hall–Kier alpha value is -2.95. The van der Waals surface area contributed by atoms with Crippen molar-refractivity contribution in [2.24, 2.45) is 0 Å². The topological polar surface area (TPSA) is 101 Å². The highest BCUT2D eigenvalue weighted by atomic mass is 35.5. The van der Waals surface area contributed by atoms with E-state index in [-0.39, 0.29) is 10.6 Å². The maximum Gasteiger partial charge on any atom is 0.246 e. The number of nitrogens with one attached hydrogen (secondary N) is 1. The van der Waals surface area contributed by atoms with Crippen molar-refractivity contribution < 1.29 is 13.2 Å². The van der Waals surface area contributed by atoms with Gasteiger partial charge in [0.1, 0.15) is 16.5 Å².